The summed E-state index contributed by atoms with van der Waals surface area (Å²) in [7, 11) is 0. The lowest BCUT2D eigenvalue weighted by molar-refractivity contribution is -0.116. The second-order valence-electron chi connectivity index (χ2n) is 5.49. The van der Waals surface area contributed by atoms with E-state index in [1.165, 1.54) is 0 Å². The van der Waals surface area contributed by atoms with Gasteiger partial charge in [0.1, 0.15) is 5.82 Å². The number of aromatic nitrogens is 2. The number of amides is 1. The predicted molar refractivity (Wildman–Crippen MR) is 83.7 cm³/mol. The molecule has 0 saturated heterocycles. The van der Waals surface area contributed by atoms with E-state index in [1.54, 1.807) is 6.20 Å². The highest BCUT2D eigenvalue weighted by molar-refractivity contribution is 5.90. The monoisotopic (exact) mass is 286 g/mol. The molecule has 0 atom stereocenters. The molecule has 0 bridgehead atoms. The summed E-state index contributed by atoms with van der Waals surface area (Å²) >= 11 is 0. The van der Waals surface area contributed by atoms with Crippen LogP contribution in [0.5, 0.6) is 0 Å². The molecule has 0 saturated carbocycles. The first-order valence-electron chi connectivity index (χ1n) is 7.21. The van der Waals surface area contributed by atoms with E-state index < -0.39 is 0 Å². The van der Waals surface area contributed by atoms with Gasteiger partial charge >= 0.3 is 0 Å². The molecule has 1 aromatic heterocycles. The number of carbonyl (C=O) groups is 1. The molecule has 0 fully saturated rings. The Labute approximate surface area is 125 Å². The van der Waals surface area contributed by atoms with Crippen LogP contribution < -0.4 is 10.6 Å². The minimum Gasteiger partial charge on any atom is -0.348 e. The Morgan fingerprint density at radius 2 is 2.19 bits per heavy atom. The highest BCUT2D eigenvalue weighted by atomic mass is 16.1. The first-order valence-corrected chi connectivity index (χ1v) is 7.21. The zero-order valence-corrected chi connectivity index (χ0v) is 12.5. The summed E-state index contributed by atoms with van der Waals surface area (Å²) in [5.74, 6) is 1.34. The topological polar surface area (TPSA) is 69.8 Å². The summed E-state index contributed by atoms with van der Waals surface area (Å²) < 4.78 is 0. The van der Waals surface area contributed by atoms with E-state index in [0.29, 0.717) is 18.9 Å². The molecule has 0 unspecified atom stereocenters. The van der Waals surface area contributed by atoms with Crippen molar-refractivity contribution in [1.82, 2.24) is 15.3 Å². The summed E-state index contributed by atoms with van der Waals surface area (Å²) in [6.45, 7) is 5.49. The molecule has 2 rings (SSSR count). The molecular formula is C16H22N4O. The van der Waals surface area contributed by atoms with Gasteiger partial charge < -0.3 is 15.6 Å². The van der Waals surface area contributed by atoms with Crippen LogP contribution in [0.25, 0.3) is 0 Å². The van der Waals surface area contributed by atoms with Crippen molar-refractivity contribution in [2.24, 2.45) is 5.92 Å². The maximum atomic E-state index is 11.8. The SMILES string of the molecule is CC(C)CC(=O)Nc1cccc(CNCc2ncc[nH]2)c1. The van der Waals surface area contributed by atoms with Crippen LogP contribution in [0.1, 0.15) is 31.7 Å². The number of rotatable bonds is 7. The van der Waals surface area contributed by atoms with Crippen molar-refractivity contribution in [2.75, 3.05) is 5.32 Å². The standard InChI is InChI=1S/C16H22N4O/c1-12(2)8-16(21)20-14-5-3-4-13(9-14)10-17-11-15-18-6-7-19-15/h3-7,9,12,17H,8,10-11H2,1-2H3,(H,18,19)(H,20,21). The molecule has 112 valence electrons. The Morgan fingerprint density at radius 3 is 2.90 bits per heavy atom. The first-order chi connectivity index (χ1) is 10.1. The van der Waals surface area contributed by atoms with Crippen LogP contribution in [-0.4, -0.2) is 15.9 Å². The molecule has 0 aliphatic carbocycles. The van der Waals surface area contributed by atoms with Crippen LogP contribution in [0.2, 0.25) is 0 Å². The number of benzene rings is 1. The van der Waals surface area contributed by atoms with Crippen LogP contribution in [-0.2, 0) is 17.9 Å². The lowest BCUT2D eigenvalue weighted by Gasteiger charge is -2.09. The van der Waals surface area contributed by atoms with Gasteiger partial charge in [0, 0.05) is 31.0 Å². The summed E-state index contributed by atoms with van der Waals surface area (Å²) in [6, 6.07) is 7.89. The molecule has 2 aromatic rings. The lowest BCUT2D eigenvalue weighted by atomic mass is 10.1. The summed E-state index contributed by atoms with van der Waals surface area (Å²) in [5.41, 5.74) is 1.97. The van der Waals surface area contributed by atoms with Crippen LogP contribution in [0, 0.1) is 5.92 Å². The van der Waals surface area contributed by atoms with E-state index in [4.69, 9.17) is 0 Å². The minimum absolute atomic E-state index is 0.0608. The zero-order valence-electron chi connectivity index (χ0n) is 12.5. The molecule has 0 aliphatic heterocycles. The van der Waals surface area contributed by atoms with E-state index >= 15 is 0 Å². The second kappa shape index (κ2) is 7.59. The van der Waals surface area contributed by atoms with Gasteiger partial charge in [-0.15, -0.1) is 0 Å². The Morgan fingerprint density at radius 1 is 1.33 bits per heavy atom. The third-order valence-corrected chi connectivity index (χ3v) is 2.98. The molecule has 1 amide bonds. The second-order valence-corrected chi connectivity index (χ2v) is 5.49. The van der Waals surface area contributed by atoms with Crippen molar-refractivity contribution >= 4 is 11.6 Å². The van der Waals surface area contributed by atoms with Crippen molar-refractivity contribution in [2.45, 2.75) is 33.4 Å². The molecule has 1 heterocycles. The first kappa shape index (κ1) is 15.3. The number of hydrogen-bond acceptors (Lipinski definition) is 3. The molecular weight excluding hydrogens is 264 g/mol. The Hall–Kier alpha value is -2.14. The fourth-order valence-electron chi connectivity index (χ4n) is 2.06. The quantitative estimate of drug-likeness (QED) is 0.733. The number of imidazole rings is 1. The maximum absolute atomic E-state index is 11.8. The molecule has 1 aromatic carbocycles. The number of H-pyrrole nitrogens is 1. The Bertz CT molecular complexity index is 563. The van der Waals surface area contributed by atoms with Crippen molar-refractivity contribution in [3.05, 3.63) is 48.0 Å². The van der Waals surface area contributed by atoms with Gasteiger partial charge in [0.25, 0.3) is 0 Å². The van der Waals surface area contributed by atoms with Crippen LogP contribution in [0.15, 0.2) is 36.7 Å². The maximum Gasteiger partial charge on any atom is 0.224 e. The van der Waals surface area contributed by atoms with Gasteiger partial charge in [0.2, 0.25) is 5.91 Å². The average Bonchev–Trinajstić information content (AvgIpc) is 2.91. The van der Waals surface area contributed by atoms with Gasteiger partial charge in [-0.05, 0) is 23.6 Å². The summed E-state index contributed by atoms with van der Waals surface area (Å²) in [5, 5.41) is 6.24. The van der Waals surface area contributed by atoms with Gasteiger partial charge in [0.15, 0.2) is 0 Å². The van der Waals surface area contributed by atoms with Gasteiger partial charge in [0.05, 0.1) is 6.54 Å². The van der Waals surface area contributed by atoms with E-state index in [0.717, 1.165) is 23.6 Å². The molecule has 3 N–H and O–H groups in total. The number of nitrogens with zero attached hydrogens (tertiary/aromatic N) is 1. The van der Waals surface area contributed by atoms with Gasteiger partial charge in [-0.3, -0.25) is 4.79 Å². The highest BCUT2D eigenvalue weighted by Gasteiger charge is 2.05. The minimum atomic E-state index is 0.0608. The predicted octanol–water partition coefficient (Wildman–Crippen LogP) is 2.68. The smallest absolute Gasteiger partial charge is 0.224 e. The number of carbonyl (C=O) groups excluding carboxylic acids is 1. The third kappa shape index (κ3) is 5.39. The highest BCUT2D eigenvalue weighted by Crippen LogP contribution is 2.12. The lowest BCUT2D eigenvalue weighted by Crippen LogP contribution is -2.15. The van der Waals surface area contributed by atoms with Crippen LogP contribution >= 0.6 is 0 Å². The fourth-order valence-corrected chi connectivity index (χ4v) is 2.06. The van der Waals surface area contributed by atoms with Gasteiger partial charge in [-0.25, -0.2) is 4.98 Å². The molecule has 5 heteroatoms. The van der Waals surface area contributed by atoms with Crippen LogP contribution in [0.4, 0.5) is 5.69 Å². The van der Waals surface area contributed by atoms with Crippen molar-refractivity contribution in [1.29, 1.82) is 0 Å². The largest absolute Gasteiger partial charge is 0.348 e. The fraction of sp³-hybridized carbons (Fsp3) is 0.375. The Balaban J connectivity index is 1.84. The van der Waals surface area contributed by atoms with Crippen molar-refractivity contribution in [3.8, 4) is 0 Å². The van der Waals surface area contributed by atoms with Crippen LogP contribution in [0.3, 0.4) is 0 Å². The molecule has 21 heavy (non-hydrogen) atoms. The van der Waals surface area contributed by atoms with E-state index in [-0.39, 0.29) is 5.91 Å². The van der Waals surface area contributed by atoms with Gasteiger partial charge in [-0.1, -0.05) is 26.0 Å². The van der Waals surface area contributed by atoms with Crippen molar-refractivity contribution in [3.63, 3.8) is 0 Å². The molecule has 0 radical (unpaired) electrons. The molecule has 5 nitrogen and oxygen atoms in total. The number of anilines is 1. The zero-order chi connectivity index (χ0) is 15.1. The molecule has 0 aliphatic rings. The normalized spacial score (nSPS) is 10.8. The number of hydrogen-bond donors (Lipinski definition) is 3. The van der Waals surface area contributed by atoms with E-state index in [9.17, 15) is 4.79 Å². The Kier molecular flexibility index (Phi) is 5.51. The number of nitrogens with one attached hydrogen (secondary N) is 3. The van der Waals surface area contributed by atoms with Gasteiger partial charge in [-0.2, -0.15) is 0 Å². The van der Waals surface area contributed by atoms with Crippen molar-refractivity contribution < 1.29 is 4.79 Å². The summed E-state index contributed by atoms with van der Waals surface area (Å²) in [4.78, 5) is 19.0. The number of aromatic amines is 1. The van der Waals surface area contributed by atoms with E-state index in [1.807, 2.05) is 44.3 Å². The molecule has 0 spiro atoms. The third-order valence-electron chi connectivity index (χ3n) is 2.98. The van der Waals surface area contributed by atoms with E-state index in [2.05, 4.69) is 20.6 Å². The summed E-state index contributed by atoms with van der Waals surface area (Å²) in [6.07, 6.45) is 4.09. The average molecular weight is 286 g/mol.